The van der Waals surface area contributed by atoms with Gasteiger partial charge in [0.25, 0.3) is 0 Å². The highest BCUT2D eigenvalue weighted by Crippen LogP contribution is 2.41. The number of carboxylic acid groups (broad SMARTS) is 1. The van der Waals surface area contributed by atoms with Gasteiger partial charge in [0.15, 0.2) is 0 Å². The number of aliphatic carboxylic acids is 1. The molecule has 0 amide bonds. The van der Waals surface area contributed by atoms with E-state index in [1.807, 2.05) is 20.8 Å². The van der Waals surface area contributed by atoms with Gasteiger partial charge in [0, 0.05) is 11.4 Å². The number of hydrogen-bond acceptors (Lipinski definition) is 4. The zero-order valence-corrected chi connectivity index (χ0v) is 13.8. The van der Waals surface area contributed by atoms with Crippen LogP contribution in [0.15, 0.2) is 0 Å². The molecule has 1 aromatic heterocycles. The largest absolute Gasteiger partial charge is 0.481 e. The first-order valence-electron chi connectivity index (χ1n) is 7.19. The van der Waals surface area contributed by atoms with Crippen molar-refractivity contribution in [2.45, 2.75) is 47.1 Å². The number of likely N-dealkylation sites (tertiary alicyclic amines) is 1. The van der Waals surface area contributed by atoms with Gasteiger partial charge in [0.1, 0.15) is 0 Å². The molecule has 1 fully saturated rings. The average molecular weight is 296 g/mol. The molecule has 20 heavy (non-hydrogen) atoms. The topological polar surface area (TPSA) is 53.4 Å². The summed E-state index contributed by atoms with van der Waals surface area (Å²) in [5, 5.41) is 10.7. The van der Waals surface area contributed by atoms with Gasteiger partial charge < -0.3 is 5.11 Å². The van der Waals surface area contributed by atoms with E-state index in [0.29, 0.717) is 6.54 Å². The minimum absolute atomic E-state index is 0.149. The highest BCUT2D eigenvalue weighted by molar-refractivity contribution is 7.11. The van der Waals surface area contributed by atoms with Gasteiger partial charge >= 0.3 is 5.97 Å². The van der Waals surface area contributed by atoms with Crippen LogP contribution in [-0.2, 0) is 4.79 Å². The number of nitrogens with zero attached hydrogens (tertiary/aromatic N) is 2. The first kappa shape index (κ1) is 15.4. The van der Waals surface area contributed by atoms with Gasteiger partial charge in [-0.2, -0.15) is 0 Å². The van der Waals surface area contributed by atoms with E-state index in [1.165, 1.54) is 4.88 Å². The van der Waals surface area contributed by atoms with Crippen LogP contribution in [0.2, 0.25) is 0 Å². The highest BCUT2D eigenvalue weighted by Gasteiger charge is 2.48. The quantitative estimate of drug-likeness (QED) is 0.926. The third-order valence-electron chi connectivity index (χ3n) is 4.74. The van der Waals surface area contributed by atoms with E-state index < -0.39 is 11.4 Å². The fourth-order valence-electron chi connectivity index (χ4n) is 3.19. The van der Waals surface area contributed by atoms with E-state index in [4.69, 9.17) is 0 Å². The fourth-order valence-corrected chi connectivity index (χ4v) is 4.10. The predicted molar refractivity (Wildman–Crippen MR) is 81.1 cm³/mol. The summed E-state index contributed by atoms with van der Waals surface area (Å²) in [5.74, 6) is -0.510. The van der Waals surface area contributed by atoms with Gasteiger partial charge in [-0.3, -0.25) is 9.69 Å². The first-order chi connectivity index (χ1) is 9.28. The third kappa shape index (κ3) is 2.49. The van der Waals surface area contributed by atoms with Crippen molar-refractivity contribution in [2.75, 3.05) is 13.1 Å². The van der Waals surface area contributed by atoms with Gasteiger partial charge in [0.05, 0.1) is 22.2 Å². The van der Waals surface area contributed by atoms with Crippen LogP contribution < -0.4 is 0 Å². The van der Waals surface area contributed by atoms with Crippen molar-refractivity contribution in [3.8, 4) is 0 Å². The second-order valence-corrected chi connectivity index (χ2v) is 7.59. The van der Waals surface area contributed by atoms with Crippen LogP contribution in [0, 0.1) is 25.2 Å². The van der Waals surface area contributed by atoms with Gasteiger partial charge in [-0.15, -0.1) is 11.3 Å². The lowest BCUT2D eigenvalue weighted by Gasteiger charge is -2.30. The van der Waals surface area contributed by atoms with E-state index in [0.717, 1.165) is 23.7 Å². The van der Waals surface area contributed by atoms with Crippen LogP contribution in [0.4, 0.5) is 0 Å². The van der Waals surface area contributed by atoms with Crippen molar-refractivity contribution < 1.29 is 9.90 Å². The Hall–Kier alpha value is -0.940. The second-order valence-electron chi connectivity index (χ2n) is 6.19. The normalized spacial score (nSPS) is 25.3. The summed E-state index contributed by atoms with van der Waals surface area (Å²) in [4.78, 5) is 19.8. The standard InChI is InChI=1S/C15H24N2O2S/c1-9(2)15(14(18)19)6-7-17(8-15)10(3)13-11(4)20-12(5)16-13/h9-10H,6-8H2,1-5H3,(H,18,19). The van der Waals surface area contributed by atoms with Crippen molar-refractivity contribution in [1.82, 2.24) is 9.88 Å². The molecule has 2 heterocycles. The van der Waals surface area contributed by atoms with Crippen molar-refractivity contribution in [1.29, 1.82) is 0 Å². The van der Waals surface area contributed by atoms with Crippen molar-refractivity contribution in [3.63, 3.8) is 0 Å². The molecule has 2 unspecified atom stereocenters. The Morgan fingerprint density at radius 1 is 1.40 bits per heavy atom. The number of carbonyl (C=O) groups is 1. The van der Waals surface area contributed by atoms with E-state index in [9.17, 15) is 9.90 Å². The Kier molecular flexibility index (Phi) is 4.21. The zero-order valence-electron chi connectivity index (χ0n) is 12.9. The third-order valence-corrected chi connectivity index (χ3v) is 5.65. The molecule has 1 aromatic rings. The molecule has 1 aliphatic heterocycles. The summed E-state index contributed by atoms with van der Waals surface area (Å²) in [6.07, 6.45) is 0.729. The fraction of sp³-hybridized carbons (Fsp3) is 0.733. The van der Waals surface area contributed by atoms with Crippen molar-refractivity contribution in [2.24, 2.45) is 11.3 Å². The van der Waals surface area contributed by atoms with Crippen LogP contribution in [0.1, 0.15) is 48.8 Å². The number of rotatable bonds is 4. The number of aromatic nitrogens is 1. The summed E-state index contributed by atoms with van der Waals surface area (Å²) < 4.78 is 0. The Bertz CT molecular complexity index is 512. The molecule has 0 aliphatic carbocycles. The Morgan fingerprint density at radius 2 is 2.05 bits per heavy atom. The molecule has 2 atom stereocenters. The monoisotopic (exact) mass is 296 g/mol. The maximum atomic E-state index is 11.7. The SMILES string of the molecule is Cc1nc(C(C)N2CCC(C(=O)O)(C(C)C)C2)c(C)s1. The van der Waals surface area contributed by atoms with Gasteiger partial charge in [-0.1, -0.05) is 13.8 Å². The molecule has 0 bridgehead atoms. The summed E-state index contributed by atoms with van der Waals surface area (Å²) in [6.45, 7) is 11.7. The smallest absolute Gasteiger partial charge is 0.311 e. The van der Waals surface area contributed by atoms with Crippen LogP contribution in [-0.4, -0.2) is 34.0 Å². The molecule has 0 radical (unpaired) electrons. The number of carboxylic acids is 1. The molecule has 1 aliphatic rings. The molecule has 0 saturated carbocycles. The maximum absolute atomic E-state index is 11.7. The van der Waals surface area contributed by atoms with Gasteiger partial charge in [0.2, 0.25) is 0 Å². The molecular weight excluding hydrogens is 272 g/mol. The van der Waals surface area contributed by atoms with E-state index in [1.54, 1.807) is 11.3 Å². The average Bonchev–Trinajstić information content (AvgIpc) is 2.93. The lowest BCUT2D eigenvalue weighted by Crippen LogP contribution is -2.39. The lowest BCUT2D eigenvalue weighted by atomic mass is 9.76. The minimum Gasteiger partial charge on any atom is -0.481 e. The molecule has 2 rings (SSSR count). The van der Waals surface area contributed by atoms with E-state index in [2.05, 4.69) is 23.7 Å². The number of hydrogen-bond donors (Lipinski definition) is 1. The van der Waals surface area contributed by atoms with E-state index in [-0.39, 0.29) is 12.0 Å². The maximum Gasteiger partial charge on any atom is 0.311 e. The molecule has 0 spiro atoms. The van der Waals surface area contributed by atoms with Crippen molar-refractivity contribution >= 4 is 17.3 Å². The molecular formula is C15H24N2O2S. The molecule has 4 nitrogen and oxygen atoms in total. The first-order valence-corrected chi connectivity index (χ1v) is 8.01. The van der Waals surface area contributed by atoms with Gasteiger partial charge in [-0.05, 0) is 39.7 Å². The van der Waals surface area contributed by atoms with Gasteiger partial charge in [-0.25, -0.2) is 4.98 Å². The highest BCUT2D eigenvalue weighted by atomic mass is 32.1. The second kappa shape index (κ2) is 5.45. The van der Waals surface area contributed by atoms with Crippen molar-refractivity contribution in [3.05, 3.63) is 15.6 Å². The molecule has 5 heteroatoms. The number of thiazole rings is 1. The number of aryl methyl sites for hydroxylation is 2. The van der Waals surface area contributed by atoms with Crippen LogP contribution in [0.25, 0.3) is 0 Å². The van der Waals surface area contributed by atoms with Crippen LogP contribution >= 0.6 is 11.3 Å². The molecule has 0 aromatic carbocycles. The van der Waals surface area contributed by atoms with Crippen LogP contribution in [0.5, 0.6) is 0 Å². The summed E-state index contributed by atoms with van der Waals surface area (Å²) in [7, 11) is 0. The molecule has 1 N–H and O–H groups in total. The zero-order chi connectivity index (χ0) is 15.1. The Morgan fingerprint density at radius 3 is 2.45 bits per heavy atom. The summed E-state index contributed by atoms with van der Waals surface area (Å²) >= 11 is 1.71. The lowest BCUT2D eigenvalue weighted by molar-refractivity contribution is -0.151. The van der Waals surface area contributed by atoms with E-state index >= 15 is 0 Å². The Labute approximate surface area is 124 Å². The molecule has 1 saturated heterocycles. The summed E-state index contributed by atoms with van der Waals surface area (Å²) in [6, 6.07) is 0.194. The summed E-state index contributed by atoms with van der Waals surface area (Å²) in [5.41, 5.74) is 0.505. The van der Waals surface area contributed by atoms with Crippen LogP contribution in [0.3, 0.4) is 0 Å². The Balaban J connectivity index is 2.20. The predicted octanol–water partition coefficient (Wildman–Crippen LogP) is 3.25. The molecule has 112 valence electrons. The minimum atomic E-state index is -0.659.